The zero-order valence-electron chi connectivity index (χ0n) is 24.3. The van der Waals surface area contributed by atoms with Crippen molar-refractivity contribution in [2.24, 2.45) is 5.92 Å². The highest BCUT2D eigenvalue weighted by Crippen LogP contribution is 2.27. The number of carbonyl (C=O) groups is 1. The zero-order valence-corrected chi connectivity index (χ0v) is 24.3. The van der Waals surface area contributed by atoms with Gasteiger partial charge in [-0.25, -0.2) is 8.78 Å². The van der Waals surface area contributed by atoms with Crippen molar-refractivity contribution in [3.05, 3.63) is 106 Å². The Bertz CT molecular complexity index is 1740. The summed E-state index contributed by atoms with van der Waals surface area (Å²) in [5.41, 5.74) is 1.34. The number of nitrogens with zero attached hydrogens (tertiary/aromatic N) is 3. The predicted molar refractivity (Wildman–Crippen MR) is 162 cm³/mol. The number of fused-ring (bicyclic) bond motifs is 1. The molecule has 0 unspecified atom stereocenters. The van der Waals surface area contributed by atoms with Gasteiger partial charge in [0.1, 0.15) is 11.3 Å². The van der Waals surface area contributed by atoms with Crippen LogP contribution in [0.1, 0.15) is 48.2 Å². The number of hydrogen-bond donors (Lipinski definition) is 1. The summed E-state index contributed by atoms with van der Waals surface area (Å²) in [7, 11) is 0. The Hall–Kier alpha value is -4.55. The molecular weight excluding hydrogens is 550 g/mol. The molecule has 2 aromatic heterocycles. The van der Waals surface area contributed by atoms with Crippen molar-refractivity contribution in [2.75, 3.05) is 26.2 Å². The van der Waals surface area contributed by atoms with Gasteiger partial charge in [0.2, 0.25) is 0 Å². The summed E-state index contributed by atoms with van der Waals surface area (Å²) in [6, 6.07) is 14.5. The van der Waals surface area contributed by atoms with E-state index in [1.165, 1.54) is 29.3 Å². The highest BCUT2D eigenvalue weighted by atomic mass is 19.2. The second-order valence-electron chi connectivity index (χ2n) is 11.0. The van der Waals surface area contributed by atoms with E-state index in [2.05, 4.69) is 40.9 Å². The van der Waals surface area contributed by atoms with Gasteiger partial charge in [-0.1, -0.05) is 17.9 Å². The predicted octanol–water partition coefficient (Wildman–Crippen LogP) is 5.00. The molecule has 2 aromatic carbocycles. The first-order chi connectivity index (χ1) is 20.8. The highest BCUT2D eigenvalue weighted by molar-refractivity contribution is 5.94. The van der Waals surface area contributed by atoms with Crippen molar-refractivity contribution in [1.29, 1.82) is 0 Å². The number of piperidine rings is 1. The molecule has 9 heteroatoms. The Balaban J connectivity index is 1.21. The van der Waals surface area contributed by atoms with Crippen molar-refractivity contribution in [2.45, 2.75) is 39.3 Å². The quantitative estimate of drug-likeness (QED) is 0.295. The highest BCUT2D eigenvalue weighted by Gasteiger charge is 2.22. The van der Waals surface area contributed by atoms with Gasteiger partial charge in [0, 0.05) is 41.8 Å². The Morgan fingerprint density at radius 3 is 2.81 bits per heavy atom. The normalized spacial score (nSPS) is 15.2. The fraction of sp³-hybridized carbons (Fsp3) is 0.324. The third-order valence-electron chi connectivity index (χ3n) is 7.63. The van der Waals surface area contributed by atoms with Gasteiger partial charge >= 0.3 is 0 Å². The summed E-state index contributed by atoms with van der Waals surface area (Å²) in [6.45, 7) is 7.30. The first-order valence-corrected chi connectivity index (χ1v) is 14.4. The number of amides is 1. The molecule has 1 N–H and O–H groups in total. The maximum Gasteiger partial charge on any atom is 0.263 e. The molecule has 1 aliphatic rings. The second-order valence-corrected chi connectivity index (χ2v) is 11.0. The van der Waals surface area contributed by atoms with Gasteiger partial charge in [-0.2, -0.15) is 0 Å². The molecule has 0 bridgehead atoms. The number of hydrogen-bond acceptors (Lipinski definition) is 5. The number of halogens is 2. The Labute approximate surface area is 249 Å². The Kier molecular flexibility index (Phi) is 9.48. The summed E-state index contributed by atoms with van der Waals surface area (Å²) < 4.78 is 34.4. The minimum Gasteiger partial charge on any atom is -0.492 e. The van der Waals surface area contributed by atoms with Crippen LogP contribution in [0.5, 0.6) is 5.75 Å². The van der Waals surface area contributed by atoms with Gasteiger partial charge in [-0.05, 0) is 87.3 Å². The molecule has 43 heavy (non-hydrogen) atoms. The fourth-order valence-corrected chi connectivity index (χ4v) is 5.27. The second kappa shape index (κ2) is 13.6. The molecular formula is C34H34F2N4O3. The largest absolute Gasteiger partial charge is 0.492 e. The van der Waals surface area contributed by atoms with Gasteiger partial charge < -0.3 is 19.5 Å². The monoisotopic (exact) mass is 584 g/mol. The number of rotatable bonds is 8. The lowest BCUT2D eigenvalue weighted by atomic mass is 9.98. The molecule has 0 aliphatic carbocycles. The molecule has 0 spiro atoms. The van der Waals surface area contributed by atoms with E-state index in [-0.39, 0.29) is 18.7 Å². The van der Waals surface area contributed by atoms with Crippen molar-refractivity contribution in [3.63, 3.8) is 0 Å². The summed E-state index contributed by atoms with van der Waals surface area (Å²) in [4.78, 5) is 32.5. The molecule has 1 aliphatic heterocycles. The lowest BCUT2D eigenvalue weighted by Gasteiger charge is -2.35. The molecule has 3 heterocycles. The van der Waals surface area contributed by atoms with E-state index >= 15 is 0 Å². The third kappa shape index (κ3) is 7.46. The average molecular weight is 585 g/mol. The van der Waals surface area contributed by atoms with E-state index in [0.29, 0.717) is 24.1 Å². The molecule has 7 nitrogen and oxygen atoms in total. The summed E-state index contributed by atoms with van der Waals surface area (Å²) in [5, 5.41) is 3.53. The van der Waals surface area contributed by atoms with Crippen LogP contribution in [-0.4, -0.2) is 52.6 Å². The lowest BCUT2D eigenvalue weighted by Crippen LogP contribution is -2.41. The van der Waals surface area contributed by atoms with Crippen LogP contribution in [0.4, 0.5) is 8.78 Å². The van der Waals surface area contributed by atoms with E-state index in [9.17, 15) is 18.4 Å². The van der Waals surface area contributed by atoms with E-state index in [4.69, 9.17) is 4.74 Å². The minimum atomic E-state index is -0.998. The number of aromatic nitrogens is 2. The molecule has 4 aromatic rings. The fourth-order valence-electron chi connectivity index (χ4n) is 5.27. The number of pyridine rings is 2. The number of ether oxygens (including phenoxy) is 1. The first-order valence-electron chi connectivity index (χ1n) is 14.4. The van der Waals surface area contributed by atoms with Crippen molar-refractivity contribution >= 4 is 16.8 Å². The van der Waals surface area contributed by atoms with Gasteiger partial charge in [0.25, 0.3) is 11.5 Å². The van der Waals surface area contributed by atoms with Crippen molar-refractivity contribution in [1.82, 2.24) is 19.8 Å². The van der Waals surface area contributed by atoms with E-state index in [1.54, 1.807) is 12.3 Å². The van der Waals surface area contributed by atoms with Crippen LogP contribution < -0.4 is 15.6 Å². The van der Waals surface area contributed by atoms with E-state index < -0.39 is 23.1 Å². The maximum atomic E-state index is 13.6. The summed E-state index contributed by atoms with van der Waals surface area (Å²) in [6.07, 6.45) is 5.56. The van der Waals surface area contributed by atoms with Gasteiger partial charge in [-0.15, -0.1) is 0 Å². The molecule has 1 atom stereocenters. The van der Waals surface area contributed by atoms with Crippen LogP contribution in [-0.2, 0) is 6.54 Å². The Morgan fingerprint density at radius 1 is 1.14 bits per heavy atom. The van der Waals surface area contributed by atoms with Crippen LogP contribution in [0.3, 0.4) is 0 Å². The van der Waals surface area contributed by atoms with Crippen molar-refractivity contribution in [3.8, 4) is 17.6 Å². The van der Waals surface area contributed by atoms with Gasteiger partial charge in [0.15, 0.2) is 11.6 Å². The molecule has 0 saturated carbocycles. The van der Waals surface area contributed by atoms with E-state index in [1.807, 2.05) is 24.3 Å². The summed E-state index contributed by atoms with van der Waals surface area (Å²) in [5.74, 6) is 4.71. The molecule has 0 radical (unpaired) electrons. The third-order valence-corrected chi connectivity index (χ3v) is 7.63. The molecule has 222 valence electrons. The molecule has 1 saturated heterocycles. The number of likely N-dealkylation sites (tertiary alicyclic amines) is 1. The van der Waals surface area contributed by atoms with Crippen LogP contribution in [0.25, 0.3) is 10.9 Å². The first kappa shape index (κ1) is 29.9. The molecule has 5 rings (SSSR count). The van der Waals surface area contributed by atoms with Crippen LogP contribution in [0.15, 0.2) is 71.8 Å². The maximum absolute atomic E-state index is 13.6. The van der Waals surface area contributed by atoms with Crippen LogP contribution >= 0.6 is 0 Å². The van der Waals surface area contributed by atoms with Crippen molar-refractivity contribution < 1.29 is 18.3 Å². The number of carbonyl (C=O) groups excluding carboxylic acids is 1. The number of benzene rings is 2. The Morgan fingerprint density at radius 2 is 2.00 bits per heavy atom. The van der Waals surface area contributed by atoms with Gasteiger partial charge in [0.05, 0.1) is 25.2 Å². The minimum absolute atomic E-state index is 0.00344. The number of nitrogens with one attached hydrogen (secondary N) is 1. The van der Waals surface area contributed by atoms with Crippen LogP contribution in [0, 0.1) is 29.4 Å². The topological polar surface area (TPSA) is 76.5 Å². The molecule has 1 amide bonds. The zero-order chi connectivity index (χ0) is 30.3. The van der Waals surface area contributed by atoms with Gasteiger partial charge in [-0.3, -0.25) is 14.6 Å². The smallest absolute Gasteiger partial charge is 0.263 e. The van der Waals surface area contributed by atoms with E-state index in [0.717, 1.165) is 53.9 Å². The summed E-state index contributed by atoms with van der Waals surface area (Å²) >= 11 is 0. The van der Waals surface area contributed by atoms with Crippen LogP contribution in [0.2, 0.25) is 0 Å². The lowest BCUT2D eigenvalue weighted by molar-refractivity contribution is 0.0956. The molecule has 1 fully saturated rings. The standard InChI is InChI=1S/C34H34F2N4O3/c1-23(2)39-16-4-7-26(21-39)22-43-32-13-15-37-31-12-10-24(18-28(31)32)6-3-14-38-33(41)27-8-5-17-40(34(27)42)20-25-9-11-29(35)30(36)19-25/h5,8-13,15,17-19,23,26H,4,7,14,16,20-22H2,1-2H3,(H,38,41)/t26-/m1/s1. The SMILES string of the molecule is CC(C)N1CCC[C@@H](COc2ccnc3ccc(C#CCNC(=O)c4cccn(Cc5ccc(F)c(F)c5)c4=O)cc23)C1. The average Bonchev–Trinajstić information content (AvgIpc) is 3.01.